The number of rotatable bonds is 2. The first-order valence-electron chi connectivity index (χ1n) is 10.4. The third-order valence-corrected chi connectivity index (χ3v) is 6.06. The lowest BCUT2D eigenvalue weighted by Gasteiger charge is -2.12. The third kappa shape index (κ3) is 3.03. The molecule has 2 N–H and O–H groups in total. The van der Waals surface area contributed by atoms with Gasteiger partial charge in [0.25, 0.3) is 0 Å². The molecule has 0 atom stereocenters. The number of aromatic nitrogens is 4. The monoisotopic (exact) mass is 372 g/mol. The molecule has 0 aliphatic carbocycles. The summed E-state index contributed by atoms with van der Waals surface area (Å²) in [6, 6.07) is 18.1. The number of fused-ring (bicyclic) bond motifs is 8. The van der Waals surface area contributed by atoms with Gasteiger partial charge >= 0.3 is 0 Å². The summed E-state index contributed by atoms with van der Waals surface area (Å²) in [6.45, 7) is 6.48. The van der Waals surface area contributed by atoms with Crippen molar-refractivity contribution in [3.63, 3.8) is 0 Å². The summed E-state index contributed by atoms with van der Waals surface area (Å²) in [5.41, 5.74) is 10.7. The third-order valence-electron chi connectivity index (χ3n) is 6.06. The van der Waals surface area contributed by atoms with E-state index in [0.29, 0.717) is 0 Å². The topological polar surface area (TPSA) is 41.4 Å². The van der Waals surface area contributed by atoms with Crippen LogP contribution in [0.3, 0.4) is 0 Å². The minimum atomic E-state index is 0.948. The van der Waals surface area contributed by atoms with Crippen LogP contribution in [0.2, 0.25) is 0 Å². The molecular weight excluding hydrogens is 344 g/mol. The number of hydrogen-bond acceptors (Lipinski definition) is 0. The predicted molar refractivity (Wildman–Crippen MR) is 113 cm³/mol. The summed E-state index contributed by atoms with van der Waals surface area (Å²) in [7, 11) is 0. The lowest BCUT2D eigenvalue weighted by atomic mass is 10.2. The van der Waals surface area contributed by atoms with Gasteiger partial charge < -0.3 is 19.1 Å². The molecule has 5 rings (SSSR count). The molecule has 0 spiro atoms. The molecule has 0 amide bonds. The highest BCUT2D eigenvalue weighted by atomic mass is 15.0. The van der Waals surface area contributed by atoms with Crippen molar-refractivity contribution in [3.8, 4) is 0 Å². The molecule has 8 bridgehead atoms. The zero-order chi connectivity index (χ0) is 19.1. The summed E-state index contributed by atoms with van der Waals surface area (Å²) in [5, 5.41) is 0. The second kappa shape index (κ2) is 6.93. The molecular formula is C24H28N4. The van der Waals surface area contributed by atoms with Crippen molar-refractivity contribution >= 4 is 0 Å². The van der Waals surface area contributed by atoms with E-state index in [2.05, 4.69) is 81.5 Å². The Morgan fingerprint density at radius 2 is 0.821 bits per heavy atom. The van der Waals surface area contributed by atoms with Gasteiger partial charge in [0, 0.05) is 84.3 Å². The zero-order valence-corrected chi connectivity index (χ0v) is 16.8. The van der Waals surface area contributed by atoms with E-state index in [0.717, 1.165) is 38.8 Å². The molecule has 1 aliphatic rings. The molecule has 0 aromatic carbocycles. The Morgan fingerprint density at radius 3 is 1.07 bits per heavy atom. The van der Waals surface area contributed by atoms with Crippen molar-refractivity contribution in [1.29, 1.82) is 0 Å². The fourth-order valence-corrected chi connectivity index (χ4v) is 4.72. The van der Waals surface area contributed by atoms with Crippen molar-refractivity contribution in [2.75, 3.05) is 0 Å². The molecule has 0 saturated carbocycles. The van der Waals surface area contributed by atoms with Crippen LogP contribution in [-0.4, -0.2) is 19.1 Å². The Bertz CT molecular complexity index is 937. The SMILES string of the molecule is CCn1c2ccc1Cc1ccc([nH]1)Cc1ccc(n1CC)Cc1ccc([nH]1)C2. The van der Waals surface area contributed by atoms with E-state index in [4.69, 9.17) is 0 Å². The van der Waals surface area contributed by atoms with Crippen LogP contribution in [0, 0.1) is 0 Å². The van der Waals surface area contributed by atoms with E-state index in [9.17, 15) is 0 Å². The molecule has 5 heterocycles. The maximum atomic E-state index is 3.66. The zero-order valence-electron chi connectivity index (χ0n) is 16.8. The average Bonchev–Trinajstić information content (AvgIpc) is 3.46. The normalized spacial score (nSPS) is 13.8. The van der Waals surface area contributed by atoms with E-state index in [1.807, 2.05) is 0 Å². The Balaban J connectivity index is 1.60. The Labute approximate surface area is 166 Å². The van der Waals surface area contributed by atoms with E-state index in [-0.39, 0.29) is 0 Å². The maximum absolute atomic E-state index is 3.66. The van der Waals surface area contributed by atoms with Crippen LogP contribution in [-0.2, 0) is 38.8 Å². The van der Waals surface area contributed by atoms with Gasteiger partial charge in [0.15, 0.2) is 0 Å². The molecule has 4 aromatic rings. The van der Waals surface area contributed by atoms with Gasteiger partial charge in [0.2, 0.25) is 0 Å². The fourth-order valence-electron chi connectivity index (χ4n) is 4.72. The van der Waals surface area contributed by atoms with E-state index in [1.54, 1.807) is 0 Å². The molecule has 4 heteroatoms. The highest BCUT2D eigenvalue weighted by molar-refractivity contribution is 5.31. The standard InChI is InChI=1S/C24H28N4/c1-3-27-21-9-10-22(27)14-18-6-8-20(26-18)16-24-12-11-23(28(24)4-2)15-19-7-5-17(13-21)25-19/h5-12,25-26H,3-4,13-16H2,1-2H3. The summed E-state index contributed by atoms with van der Waals surface area (Å²) < 4.78 is 4.92. The first-order chi connectivity index (χ1) is 13.7. The Hall–Kier alpha value is -2.88. The lowest BCUT2D eigenvalue weighted by Crippen LogP contribution is -2.08. The smallest absolute Gasteiger partial charge is 0.0280 e. The minimum absolute atomic E-state index is 0.948. The van der Waals surface area contributed by atoms with Crippen molar-refractivity contribution in [2.45, 2.75) is 52.6 Å². The number of aromatic amines is 2. The summed E-state index contributed by atoms with van der Waals surface area (Å²) in [6.07, 6.45) is 3.79. The van der Waals surface area contributed by atoms with Crippen molar-refractivity contribution in [1.82, 2.24) is 19.1 Å². The molecule has 1 aliphatic heterocycles. The Kier molecular flexibility index (Phi) is 4.27. The second-order valence-electron chi connectivity index (χ2n) is 7.85. The maximum Gasteiger partial charge on any atom is 0.0280 e. The minimum Gasteiger partial charge on any atom is -0.362 e. The number of nitrogens with one attached hydrogen (secondary N) is 2. The molecule has 4 nitrogen and oxygen atoms in total. The number of H-pyrrole nitrogens is 2. The molecule has 0 fully saturated rings. The average molecular weight is 373 g/mol. The lowest BCUT2D eigenvalue weighted by molar-refractivity contribution is 0.681. The van der Waals surface area contributed by atoms with Crippen LogP contribution in [0.25, 0.3) is 0 Å². The van der Waals surface area contributed by atoms with Gasteiger partial charge in [-0.15, -0.1) is 0 Å². The molecule has 0 saturated heterocycles. The first kappa shape index (κ1) is 17.2. The summed E-state index contributed by atoms with van der Waals surface area (Å²) in [5.74, 6) is 0. The van der Waals surface area contributed by atoms with Crippen molar-refractivity contribution < 1.29 is 0 Å². The fraction of sp³-hybridized carbons (Fsp3) is 0.333. The van der Waals surface area contributed by atoms with Gasteiger partial charge in [-0.3, -0.25) is 0 Å². The van der Waals surface area contributed by atoms with Crippen LogP contribution in [0.5, 0.6) is 0 Å². The quantitative estimate of drug-likeness (QED) is 0.452. The molecule has 4 aromatic heterocycles. The van der Waals surface area contributed by atoms with Gasteiger partial charge in [-0.1, -0.05) is 0 Å². The molecule has 0 radical (unpaired) electrons. The van der Waals surface area contributed by atoms with E-state index in [1.165, 1.54) is 45.6 Å². The summed E-state index contributed by atoms with van der Waals surface area (Å²) in [4.78, 5) is 7.33. The summed E-state index contributed by atoms with van der Waals surface area (Å²) >= 11 is 0. The van der Waals surface area contributed by atoms with Crippen molar-refractivity contribution in [3.05, 3.63) is 94.1 Å². The first-order valence-corrected chi connectivity index (χ1v) is 10.4. The van der Waals surface area contributed by atoms with Gasteiger partial charge in [-0.05, 0) is 62.4 Å². The van der Waals surface area contributed by atoms with Crippen LogP contribution in [0.1, 0.15) is 59.4 Å². The highest BCUT2D eigenvalue weighted by Crippen LogP contribution is 2.21. The predicted octanol–water partition coefficient (Wildman–Crippen LogP) is 4.66. The van der Waals surface area contributed by atoms with Crippen LogP contribution < -0.4 is 0 Å². The van der Waals surface area contributed by atoms with Crippen LogP contribution >= 0.6 is 0 Å². The largest absolute Gasteiger partial charge is 0.362 e. The van der Waals surface area contributed by atoms with Crippen LogP contribution in [0.4, 0.5) is 0 Å². The van der Waals surface area contributed by atoms with E-state index >= 15 is 0 Å². The van der Waals surface area contributed by atoms with Crippen LogP contribution in [0.15, 0.2) is 48.5 Å². The van der Waals surface area contributed by atoms with E-state index < -0.39 is 0 Å². The van der Waals surface area contributed by atoms with Gasteiger partial charge in [0.05, 0.1) is 0 Å². The molecule has 28 heavy (non-hydrogen) atoms. The highest BCUT2D eigenvalue weighted by Gasteiger charge is 2.14. The van der Waals surface area contributed by atoms with Gasteiger partial charge in [-0.2, -0.15) is 0 Å². The number of nitrogens with zero attached hydrogens (tertiary/aromatic N) is 2. The molecule has 0 unspecified atom stereocenters. The molecule has 144 valence electrons. The van der Waals surface area contributed by atoms with Gasteiger partial charge in [-0.25, -0.2) is 0 Å². The number of hydrogen-bond donors (Lipinski definition) is 2. The van der Waals surface area contributed by atoms with Crippen molar-refractivity contribution in [2.24, 2.45) is 0 Å². The van der Waals surface area contributed by atoms with Gasteiger partial charge in [0.1, 0.15) is 0 Å². The Morgan fingerprint density at radius 1 is 0.536 bits per heavy atom. The second-order valence-corrected chi connectivity index (χ2v) is 7.85.